The number of benzene rings is 6. The van der Waals surface area contributed by atoms with Crippen molar-refractivity contribution in [2.45, 2.75) is 46.5 Å². The van der Waals surface area contributed by atoms with Gasteiger partial charge in [0.2, 0.25) is 0 Å². The van der Waals surface area contributed by atoms with E-state index in [9.17, 15) is 0 Å². The van der Waals surface area contributed by atoms with Crippen molar-refractivity contribution in [3.63, 3.8) is 0 Å². The fourth-order valence-corrected chi connectivity index (χ4v) is 5.99. The molecule has 47 heavy (non-hydrogen) atoms. The summed E-state index contributed by atoms with van der Waals surface area (Å²) in [6, 6.07) is 52.9. The Morgan fingerprint density at radius 2 is 0.660 bits per heavy atom. The van der Waals surface area contributed by atoms with Gasteiger partial charge in [0.25, 0.3) is 0 Å². The van der Waals surface area contributed by atoms with Crippen molar-refractivity contribution in [1.29, 1.82) is 0 Å². The molecule has 6 aromatic rings. The van der Waals surface area contributed by atoms with Crippen LogP contribution in [0, 0.1) is 6.92 Å². The van der Waals surface area contributed by atoms with E-state index in [-0.39, 0.29) is 0 Å². The molecule has 236 valence electrons. The van der Waals surface area contributed by atoms with Crippen LogP contribution in [0.2, 0.25) is 0 Å². The maximum absolute atomic E-state index is 5.42. The van der Waals surface area contributed by atoms with Gasteiger partial charge in [-0.2, -0.15) is 0 Å². The van der Waals surface area contributed by atoms with Gasteiger partial charge in [-0.3, -0.25) is 0 Å². The van der Waals surface area contributed by atoms with Gasteiger partial charge in [0, 0.05) is 34.1 Å². The van der Waals surface area contributed by atoms with Gasteiger partial charge in [-0.25, -0.2) is 0 Å². The van der Waals surface area contributed by atoms with Gasteiger partial charge in [-0.1, -0.05) is 80.1 Å². The molecule has 0 fully saturated rings. The van der Waals surface area contributed by atoms with Crippen LogP contribution in [-0.2, 0) is 25.7 Å². The molecule has 0 atom stereocenters. The molecule has 3 heteroatoms. The van der Waals surface area contributed by atoms with Crippen LogP contribution in [0.25, 0.3) is 0 Å². The van der Waals surface area contributed by atoms with Crippen molar-refractivity contribution in [2.75, 3.05) is 16.9 Å². The lowest BCUT2D eigenvalue weighted by Crippen LogP contribution is -2.10. The molecule has 0 bridgehead atoms. The number of ether oxygens (including phenoxy) is 1. The Morgan fingerprint density at radius 1 is 0.383 bits per heavy atom. The van der Waals surface area contributed by atoms with Gasteiger partial charge < -0.3 is 14.5 Å². The van der Waals surface area contributed by atoms with Crippen LogP contribution in [0.1, 0.15) is 41.7 Å². The molecule has 0 aromatic heterocycles. The largest absolute Gasteiger partial charge is 0.497 e. The highest BCUT2D eigenvalue weighted by molar-refractivity contribution is 5.78. The average molecular weight is 617 g/mol. The van der Waals surface area contributed by atoms with Crippen molar-refractivity contribution in [3.05, 3.63) is 173 Å². The van der Waals surface area contributed by atoms with E-state index in [1.165, 1.54) is 33.5 Å². The summed E-state index contributed by atoms with van der Waals surface area (Å²) in [5.74, 6) is 0.854. The van der Waals surface area contributed by atoms with Crippen molar-refractivity contribution in [2.24, 2.45) is 0 Å². The van der Waals surface area contributed by atoms with Gasteiger partial charge in [0.15, 0.2) is 0 Å². The summed E-state index contributed by atoms with van der Waals surface area (Å²) in [6.07, 6.45) is 4.03. The van der Waals surface area contributed by atoms with E-state index in [0.717, 1.165) is 59.9 Å². The minimum absolute atomic E-state index is 0.854. The number of hydrogen-bond acceptors (Lipinski definition) is 3. The molecule has 0 aliphatic heterocycles. The van der Waals surface area contributed by atoms with E-state index >= 15 is 0 Å². The second-order valence-electron chi connectivity index (χ2n) is 12.1. The number of rotatable bonds is 12. The van der Waals surface area contributed by atoms with Crippen LogP contribution in [0.5, 0.6) is 5.75 Å². The van der Waals surface area contributed by atoms with Crippen molar-refractivity contribution in [3.8, 4) is 5.75 Å². The third kappa shape index (κ3) is 7.58. The van der Waals surface area contributed by atoms with Gasteiger partial charge in [0.1, 0.15) is 5.75 Å². The van der Waals surface area contributed by atoms with E-state index in [2.05, 4.69) is 164 Å². The van der Waals surface area contributed by atoms with Gasteiger partial charge >= 0.3 is 0 Å². The molecular formula is C44H44N2O. The maximum Gasteiger partial charge on any atom is 0.119 e. The zero-order valence-corrected chi connectivity index (χ0v) is 28.0. The Kier molecular flexibility index (Phi) is 10.0. The SMILES string of the molecule is CCc1ccc(N(c2ccc(C)cc2)c2ccc(CCc3ccc(N(c4ccc(CC)cc4)c4ccc(OC)cc4)cc3)cc2)cc1. The first kappa shape index (κ1) is 31.7. The molecule has 0 unspecified atom stereocenters. The molecule has 0 radical (unpaired) electrons. The fourth-order valence-electron chi connectivity index (χ4n) is 5.99. The highest BCUT2D eigenvalue weighted by Crippen LogP contribution is 2.37. The molecule has 0 N–H and O–H groups in total. The molecular weight excluding hydrogens is 572 g/mol. The second-order valence-corrected chi connectivity index (χ2v) is 12.1. The van der Waals surface area contributed by atoms with Crippen LogP contribution in [-0.4, -0.2) is 7.11 Å². The lowest BCUT2D eigenvalue weighted by Gasteiger charge is -2.26. The van der Waals surface area contributed by atoms with Crippen LogP contribution in [0.3, 0.4) is 0 Å². The first-order chi connectivity index (χ1) is 23.0. The van der Waals surface area contributed by atoms with Crippen molar-refractivity contribution in [1.82, 2.24) is 0 Å². The van der Waals surface area contributed by atoms with E-state index in [1.54, 1.807) is 7.11 Å². The smallest absolute Gasteiger partial charge is 0.119 e. The number of anilines is 6. The number of hydrogen-bond donors (Lipinski definition) is 0. The van der Waals surface area contributed by atoms with Crippen LogP contribution < -0.4 is 14.5 Å². The highest BCUT2D eigenvalue weighted by atomic mass is 16.5. The molecule has 0 spiro atoms. The Labute approximate surface area is 280 Å². The maximum atomic E-state index is 5.42. The average Bonchev–Trinajstić information content (AvgIpc) is 3.13. The Morgan fingerprint density at radius 3 is 0.957 bits per heavy atom. The molecule has 6 aromatic carbocycles. The minimum atomic E-state index is 0.854. The molecule has 0 aliphatic carbocycles. The monoisotopic (exact) mass is 616 g/mol. The first-order valence-corrected chi connectivity index (χ1v) is 16.7. The Hall–Kier alpha value is -5.28. The molecule has 0 amide bonds. The summed E-state index contributed by atoms with van der Waals surface area (Å²) in [5.41, 5.74) is 13.5. The predicted octanol–water partition coefficient (Wildman–Crippen LogP) is 11.9. The standard InChI is InChI=1S/C44H44N2O/c1-5-34-11-21-39(22-12-34)45(38-19-7-33(3)8-20-38)41-25-15-36(16-26-41)9-10-37-17-27-42(28-18-37)46(40-23-13-35(6-2)14-24-40)43-29-31-44(47-4)32-30-43/h7-8,11-32H,5-6,9-10H2,1-4H3. The minimum Gasteiger partial charge on any atom is -0.497 e. The van der Waals surface area contributed by atoms with Gasteiger partial charge in [-0.15, -0.1) is 0 Å². The summed E-state index contributed by atoms with van der Waals surface area (Å²) in [7, 11) is 1.70. The second kappa shape index (κ2) is 14.9. The molecule has 6 rings (SSSR count). The lowest BCUT2D eigenvalue weighted by atomic mass is 10.0. The van der Waals surface area contributed by atoms with E-state index in [4.69, 9.17) is 4.74 Å². The molecule has 0 saturated heterocycles. The topological polar surface area (TPSA) is 15.7 Å². The zero-order chi connectivity index (χ0) is 32.6. The van der Waals surface area contributed by atoms with Crippen molar-refractivity contribution < 1.29 is 4.74 Å². The van der Waals surface area contributed by atoms with Gasteiger partial charge in [-0.05, 0) is 140 Å². The Balaban J connectivity index is 1.19. The molecule has 0 saturated carbocycles. The summed E-state index contributed by atoms with van der Waals surface area (Å²) in [4.78, 5) is 4.64. The van der Waals surface area contributed by atoms with E-state index in [1.807, 2.05) is 12.1 Å². The molecule has 0 heterocycles. The predicted molar refractivity (Wildman–Crippen MR) is 200 cm³/mol. The van der Waals surface area contributed by atoms with E-state index in [0.29, 0.717) is 0 Å². The van der Waals surface area contributed by atoms with E-state index < -0.39 is 0 Å². The summed E-state index contributed by atoms with van der Waals surface area (Å²) in [6.45, 7) is 6.52. The number of methoxy groups -OCH3 is 1. The van der Waals surface area contributed by atoms with Crippen LogP contribution >= 0.6 is 0 Å². The van der Waals surface area contributed by atoms with Crippen LogP contribution in [0.4, 0.5) is 34.1 Å². The van der Waals surface area contributed by atoms with Gasteiger partial charge in [0.05, 0.1) is 7.11 Å². The quantitative estimate of drug-likeness (QED) is 0.136. The van der Waals surface area contributed by atoms with Crippen molar-refractivity contribution >= 4 is 34.1 Å². The molecule has 0 aliphatic rings. The normalized spacial score (nSPS) is 10.9. The third-order valence-electron chi connectivity index (χ3n) is 8.92. The Bertz CT molecular complexity index is 1790. The highest BCUT2D eigenvalue weighted by Gasteiger charge is 2.14. The summed E-state index contributed by atoms with van der Waals surface area (Å²) in [5, 5.41) is 0. The summed E-state index contributed by atoms with van der Waals surface area (Å²) >= 11 is 0. The number of aryl methyl sites for hydroxylation is 5. The first-order valence-electron chi connectivity index (χ1n) is 16.7. The third-order valence-corrected chi connectivity index (χ3v) is 8.92. The van der Waals surface area contributed by atoms with Crippen LogP contribution in [0.15, 0.2) is 146 Å². The fraction of sp³-hybridized carbons (Fsp3) is 0.182. The zero-order valence-electron chi connectivity index (χ0n) is 28.0. The number of nitrogens with zero attached hydrogens (tertiary/aromatic N) is 2. The summed E-state index contributed by atoms with van der Waals surface area (Å²) < 4.78 is 5.42. The molecule has 3 nitrogen and oxygen atoms in total. The lowest BCUT2D eigenvalue weighted by molar-refractivity contribution is 0.415.